The molecule has 1 aromatic rings. The Balaban J connectivity index is 2.09. The minimum atomic E-state index is 0.101. The number of nitrogens with two attached hydrogens (primary N) is 1. The smallest absolute Gasteiger partial charge is 0.222 e. The SMILES string of the molecule is CN1C(=O)CC[C@]2(C)c3ccc(N)cc3CC[C@@H]12. The number of hydrogen-bond donors (Lipinski definition) is 1. The van der Waals surface area contributed by atoms with Gasteiger partial charge in [0.2, 0.25) is 5.91 Å². The lowest BCUT2D eigenvalue weighted by atomic mass is 9.63. The molecule has 0 bridgehead atoms. The number of anilines is 1. The monoisotopic (exact) mass is 244 g/mol. The zero-order valence-electron chi connectivity index (χ0n) is 11.1. The number of likely N-dealkylation sites (N-methyl/N-ethyl adjacent to an activating group) is 1. The van der Waals surface area contributed by atoms with Crippen LogP contribution in [0.4, 0.5) is 5.69 Å². The molecule has 0 saturated carbocycles. The van der Waals surface area contributed by atoms with E-state index in [2.05, 4.69) is 19.1 Å². The van der Waals surface area contributed by atoms with Crippen molar-refractivity contribution >= 4 is 11.6 Å². The Kier molecular flexibility index (Phi) is 2.40. The molecule has 2 N–H and O–H groups in total. The molecule has 2 atom stereocenters. The second-order valence-corrected chi connectivity index (χ2v) is 5.89. The van der Waals surface area contributed by atoms with Crippen molar-refractivity contribution in [3.05, 3.63) is 29.3 Å². The van der Waals surface area contributed by atoms with Crippen LogP contribution >= 0.6 is 0 Å². The number of carbonyl (C=O) groups excluding carboxylic acids is 1. The maximum atomic E-state index is 11.9. The molecular weight excluding hydrogens is 224 g/mol. The van der Waals surface area contributed by atoms with Crippen molar-refractivity contribution in [2.24, 2.45) is 0 Å². The molecule has 0 aromatic heterocycles. The van der Waals surface area contributed by atoms with Crippen LogP contribution in [0.25, 0.3) is 0 Å². The van der Waals surface area contributed by atoms with Crippen LogP contribution in [0.15, 0.2) is 18.2 Å². The molecule has 0 radical (unpaired) electrons. The third-order valence-corrected chi connectivity index (χ3v) is 4.89. The first-order valence-corrected chi connectivity index (χ1v) is 6.67. The van der Waals surface area contributed by atoms with Crippen LogP contribution < -0.4 is 5.73 Å². The third-order valence-electron chi connectivity index (χ3n) is 4.89. The molecule has 0 unspecified atom stereocenters. The van der Waals surface area contributed by atoms with E-state index in [-0.39, 0.29) is 11.3 Å². The number of piperidine rings is 1. The summed E-state index contributed by atoms with van der Waals surface area (Å²) >= 11 is 0. The first kappa shape index (κ1) is 11.6. The maximum absolute atomic E-state index is 11.9. The fourth-order valence-electron chi connectivity index (χ4n) is 3.81. The number of amides is 1. The largest absolute Gasteiger partial charge is 0.399 e. The molecular formula is C15H20N2O. The van der Waals surface area contributed by atoms with E-state index in [9.17, 15) is 4.79 Å². The van der Waals surface area contributed by atoms with Crippen molar-refractivity contribution in [2.45, 2.75) is 44.1 Å². The highest BCUT2D eigenvalue weighted by Crippen LogP contribution is 2.45. The second-order valence-electron chi connectivity index (χ2n) is 5.89. The van der Waals surface area contributed by atoms with Gasteiger partial charge in [0.15, 0.2) is 0 Å². The van der Waals surface area contributed by atoms with Gasteiger partial charge in [0.25, 0.3) is 0 Å². The van der Waals surface area contributed by atoms with Crippen LogP contribution in [-0.4, -0.2) is 23.9 Å². The number of likely N-dealkylation sites (tertiary alicyclic amines) is 1. The Morgan fingerprint density at radius 3 is 2.94 bits per heavy atom. The summed E-state index contributed by atoms with van der Waals surface area (Å²) in [4.78, 5) is 13.8. The van der Waals surface area contributed by atoms with Crippen molar-refractivity contribution in [1.29, 1.82) is 0 Å². The molecule has 96 valence electrons. The van der Waals surface area contributed by atoms with Gasteiger partial charge < -0.3 is 10.6 Å². The van der Waals surface area contributed by atoms with Gasteiger partial charge in [-0.15, -0.1) is 0 Å². The number of rotatable bonds is 0. The van der Waals surface area contributed by atoms with Gasteiger partial charge in [-0.05, 0) is 42.5 Å². The average Bonchev–Trinajstić information content (AvgIpc) is 2.34. The van der Waals surface area contributed by atoms with E-state index in [1.165, 1.54) is 11.1 Å². The summed E-state index contributed by atoms with van der Waals surface area (Å²) in [6.07, 6.45) is 3.69. The van der Waals surface area contributed by atoms with Gasteiger partial charge in [-0.3, -0.25) is 4.79 Å². The Morgan fingerprint density at radius 2 is 2.17 bits per heavy atom. The van der Waals surface area contributed by atoms with Crippen LogP contribution in [0.2, 0.25) is 0 Å². The van der Waals surface area contributed by atoms with E-state index in [1.807, 2.05) is 18.0 Å². The predicted molar refractivity (Wildman–Crippen MR) is 72.3 cm³/mol. The lowest BCUT2D eigenvalue weighted by molar-refractivity contribution is -0.138. The standard InChI is InChI=1S/C15H20N2O/c1-15-8-7-14(18)17(2)13(15)6-3-10-9-11(16)4-5-12(10)15/h4-5,9,13H,3,6-8,16H2,1-2H3/t13-,15-/m1/s1. The molecule has 0 spiro atoms. The highest BCUT2D eigenvalue weighted by Gasteiger charge is 2.46. The summed E-state index contributed by atoms with van der Waals surface area (Å²) in [6, 6.07) is 6.60. The number of carbonyl (C=O) groups is 1. The molecule has 1 aliphatic carbocycles. The number of aryl methyl sites for hydroxylation is 1. The van der Waals surface area contributed by atoms with Crippen molar-refractivity contribution in [1.82, 2.24) is 4.90 Å². The maximum Gasteiger partial charge on any atom is 0.222 e. The van der Waals surface area contributed by atoms with E-state index in [0.29, 0.717) is 12.5 Å². The van der Waals surface area contributed by atoms with E-state index < -0.39 is 0 Å². The van der Waals surface area contributed by atoms with Gasteiger partial charge in [-0.1, -0.05) is 13.0 Å². The van der Waals surface area contributed by atoms with Crippen LogP contribution in [0, 0.1) is 0 Å². The van der Waals surface area contributed by atoms with Crippen molar-refractivity contribution in [3.8, 4) is 0 Å². The summed E-state index contributed by atoms with van der Waals surface area (Å²) in [5.74, 6) is 0.288. The predicted octanol–water partition coefficient (Wildman–Crippen LogP) is 2.09. The molecule has 18 heavy (non-hydrogen) atoms. The van der Waals surface area contributed by atoms with Crippen molar-refractivity contribution in [2.75, 3.05) is 12.8 Å². The van der Waals surface area contributed by atoms with Crippen LogP contribution in [-0.2, 0) is 16.6 Å². The Labute approximate surface area is 108 Å². The van der Waals surface area contributed by atoms with Gasteiger partial charge in [-0.25, -0.2) is 0 Å². The highest BCUT2D eigenvalue weighted by molar-refractivity contribution is 5.78. The van der Waals surface area contributed by atoms with Crippen LogP contribution in [0.3, 0.4) is 0 Å². The van der Waals surface area contributed by atoms with Gasteiger partial charge >= 0.3 is 0 Å². The van der Waals surface area contributed by atoms with E-state index in [4.69, 9.17) is 5.73 Å². The first-order valence-electron chi connectivity index (χ1n) is 6.67. The first-order chi connectivity index (χ1) is 8.52. The number of nitrogens with zero attached hydrogens (tertiary/aromatic N) is 1. The summed E-state index contributed by atoms with van der Waals surface area (Å²) < 4.78 is 0. The molecule has 3 heteroatoms. The van der Waals surface area contributed by atoms with Gasteiger partial charge in [-0.2, -0.15) is 0 Å². The van der Waals surface area contributed by atoms with Gasteiger partial charge in [0.05, 0.1) is 0 Å². The number of fused-ring (bicyclic) bond motifs is 3. The zero-order valence-corrected chi connectivity index (χ0v) is 11.1. The topological polar surface area (TPSA) is 46.3 Å². The minimum absolute atomic E-state index is 0.101. The Morgan fingerprint density at radius 1 is 1.39 bits per heavy atom. The van der Waals surface area contributed by atoms with Crippen molar-refractivity contribution < 1.29 is 4.79 Å². The van der Waals surface area contributed by atoms with Crippen molar-refractivity contribution in [3.63, 3.8) is 0 Å². The average molecular weight is 244 g/mol. The molecule has 1 aromatic carbocycles. The summed E-state index contributed by atoms with van der Waals surface area (Å²) in [5, 5.41) is 0. The Bertz CT molecular complexity index is 511. The fourth-order valence-corrected chi connectivity index (χ4v) is 3.81. The third kappa shape index (κ3) is 1.46. The molecule has 1 amide bonds. The highest BCUT2D eigenvalue weighted by atomic mass is 16.2. The second kappa shape index (κ2) is 3.74. The van der Waals surface area contributed by atoms with Gasteiger partial charge in [0.1, 0.15) is 0 Å². The van der Waals surface area contributed by atoms with Crippen LogP contribution in [0.1, 0.15) is 37.3 Å². The molecule has 3 rings (SSSR count). The van der Waals surface area contributed by atoms with Gasteiger partial charge in [0, 0.05) is 30.6 Å². The number of hydrogen-bond acceptors (Lipinski definition) is 2. The summed E-state index contributed by atoms with van der Waals surface area (Å²) in [6.45, 7) is 2.30. The molecule has 3 nitrogen and oxygen atoms in total. The lowest BCUT2D eigenvalue weighted by Gasteiger charge is -2.50. The molecule has 1 fully saturated rings. The molecule has 1 saturated heterocycles. The molecule has 2 aliphatic rings. The normalized spacial score (nSPS) is 30.9. The van der Waals surface area contributed by atoms with E-state index in [1.54, 1.807) is 0 Å². The zero-order chi connectivity index (χ0) is 12.9. The van der Waals surface area contributed by atoms with E-state index in [0.717, 1.165) is 24.9 Å². The van der Waals surface area contributed by atoms with Crippen LogP contribution in [0.5, 0.6) is 0 Å². The lowest BCUT2D eigenvalue weighted by Crippen LogP contribution is -2.56. The fraction of sp³-hybridized carbons (Fsp3) is 0.533. The summed E-state index contributed by atoms with van der Waals surface area (Å²) in [5.41, 5.74) is 9.59. The van der Waals surface area contributed by atoms with E-state index >= 15 is 0 Å². The molecule has 1 aliphatic heterocycles. The number of benzene rings is 1. The summed E-state index contributed by atoms with van der Waals surface area (Å²) in [7, 11) is 1.95. The minimum Gasteiger partial charge on any atom is -0.399 e. The Hall–Kier alpha value is -1.51. The molecule has 1 heterocycles. The number of nitrogen functional groups attached to an aromatic ring is 1. The quantitative estimate of drug-likeness (QED) is 0.710.